The van der Waals surface area contributed by atoms with Gasteiger partial charge in [-0.05, 0) is 50.9 Å². The summed E-state index contributed by atoms with van der Waals surface area (Å²) in [6.45, 7) is 9.04. The van der Waals surface area contributed by atoms with Crippen LogP contribution in [0.5, 0.6) is 0 Å². The fourth-order valence-electron chi connectivity index (χ4n) is 2.92. The topological polar surface area (TPSA) is 0 Å². The van der Waals surface area contributed by atoms with Gasteiger partial charge >= 0.3 is 0 Å². The maximum atomic E-state index is 2.49. The molecule has 0 aromatic carbocycles. The first-order chi connectivity index (χ1) is 8.17. The van der Waals surface area contributed by atoms with E-state index in [9.17, 15) is 0 Å². The van der Waals surface area contributed by atoms with Crippen LogP contribution in [0.1, 0.15) is 66.2 Å². The molecule has 0 N–H and O–H groups in total. The average molecular weight is 234 g/mol. The molecule has 0 aromatic heterocycles. The minimum atomic E-state index is 0.834. The average Bonchev–Trinajstić information content (AvgIpc) is 2.34. The Hall–Kier alpha value is -0.520. The molecule has 3 unspecified atom stereocenters. The Morgan fingerprint density at radius 1 is 1.29 bits per heavy atom. The van der Waals surface area contributed by atoms with Crippen LogP contribution in [0.15, 0.2) is 23.8 Å². The number of rotatable bonds is 5. The molecule has 0 aromatic rings. The van der Waals surface area contributed by atoms with Crippen LogP contribution in [0.3, 0.4) is 0 Å². The van der Waals surface area contributed by atoms with Crippen molar-refractivity contribution in [1.29, 1.82) is 0 Å². The minimum absolute atomic E-state index is 0.834. The maximum Gasteiger partial charge on any atom is -0.0199 e. The lowest BCUT2D eigenvalue weighted by molar-refractivity contribution is 0.213. The van der Waals surface area contributed by atoms with E-state index in [2.05, 4.69) is 45.9 Å². The molecule has 0 nitrogen and oxygen atoms in total. The minimum Gasteiger partial charge on any atom is -0.0847 e. The second-order valence-corrected chi connectivity index (χ2v) is 5.88. The molecule has 98 valence electrons. The highest BCUT2D eigenvalue weighted by Gasteiger charge is 2.26. The number of allylic oxidation sites excluding steroid dienone is 4. The molecule has 1 saturated carbocycles. The van der Waals surface area contributed by atoms with Crippen molar-refractivity contribution >= 4 is 0 Å². The Kier molecular flexibility index (Phi) is 6.62. The fourth-order valence-corrected chi connectivity index (χ4v) is 2.92. The Morgan fingerprint density at radius 2 is 2.06 bits per heavy atom. The van der Waals surface area contributed by atoms with Gasteiger partial charge in [-0.15, -0.1) is 0 Å². The molecule has 1 aliphatic carbocycles. The quantitative estimate of drug-likeness (QED) is 0.531. The zero-order chi connectivity index (χ0) is 12.7. The molecule has 0 heteroatoms. The predicted octanol–water partition coefficient (Wildman–Crippen LogP) is 5.75. The molecule has 0 spiro atoms. The third-order valence-corrected chi connectivity index (χ3v) is 4.30. The number of hydrogen-bond acceptors (Lipinski definition) is 0. The van der Waals surface area contributed by atoms with Gasteiger partial charge in [0.1, 0.15) is 0 Å². The van der Waals surface area contributed by atoms with Gasteiger partial charge in [-0.3, -0.25) is 0 Å². The molecule has 0 heterocycles. The van der Waals surface area contributed by atoms with E-state index in [1.54, 1.807) is 0 Å². The molecule has 0 aliphatic heterocycles. The monoisotopic (exact) mass is 234 g/mol. The van der Waals surface area contributed by atoms with Crippen molar-refractivity contribution in [3.63, 3.8) is 0 Å². The van der Waals surface area contributed by atoms with Crippen LogP contribution >= 0.6 is 0 Å². The van der Waals surface area contributed by atoms with Crippen molar-refractivity contribution < 1.29 is 0 Å². The highest BCUT2D eigenvalue weighted by molar-refractivity contribution is 5.16. The van der Waals surface area contributed by atoms with E-state index in [1.165, 1.54) is 44.1 Å². The van der Waals surface area contributed by atoms with Crippen LogP contribution in [-0.2, 0) is 0 Å². The van der Waals surface area contributed by atoms with Crippen LogP contribution in [0.25, 0.3) is 0 Å². The van der Waals surface area contributed by atoms with Crippen LogP contribution < -0.4 is 0 Å². The number of unbranched alkanes of at least 4 members (excludes halogenated alkanes) is 1. The van der Waals surface area contributed by atoms with Gasteiger partial charge in [0.15, 0.2) is 0 Å². The molecule has 1 fully saturated rings. The predicted molar refractivity (Wildman–Crippen MR) is 78.1 cm³/mol. The van der Waals surface area contributed by atoms with E-state index >= 15 is 0 Å². The smallest absolute Gasteiger partial charge is 0.0199 e. The van der Waals surface area contributed by atoms with Crippen LogP contribution in [-0.4, -0.2) is 0 Å². The first kappa shape index (κ1) is 14.5. The Balaban J connectivity index is 2.58. The van der Waals surface area contributed by atoms with Crippen LogP contribution in [0.2, 0.25) is 0 Å². The zero-order valence-electron chi connectivity index (χ0n) is 12.2. The molecular formula is C17H30. The summed E-state index contributed by atoms with van der Waals surface area (Å²) in [7, 11) is 0. The third kappa shape index (κ3) is 5.10. The van der Waals surface area contributed by atoms with Gasteiger partial charge in [0.05, 0.1) is 0 Å². The van der Waals surface area contributed by atoms with Crippen molar-refractivity contribution in [2.24, 2.45) is 17.8 Å². The summed E-state index contributed by atoms with van der Waals surface area (Å²) in [6.07, 6.45) is 15.5. The van der Waals surface area contributed by atoms with E-state index in [-0.39, 0.29) is 0 Å². The van der Waals surface area contributed by atoms with Crippen molar-refractivity contribution in [2.45, 2.75) is 66.2 Å². The molecule has 3 atom stereocenters. The zero-order valence-corrected chi connectivity index (χ0v) is 12.2. The lowest BCUT2D eigenvalue weighted by Crippen LogP contribution is -2.22. The standard InChI is InChI=1S/C17H30/c1-5-7-8-16-11-10-15(4)13-17(16)12-9-14(3)6-2/h6,9,12,15-17H,5,7-8,10-11,13H2,1-4H3/b12-9+,14-6+. The van der Waals surface area contributed by atoms with E-state index < -0.39 is 0 Å². The van der Waals surface area contributed by atoms with Crippen LogP contribution in [0.4, 0.5) is 0 Å². The molecule has 0 saturated heterocycles. The molecule has 0 amide bonds. The summed E-state index contributed by atoms with van der Waals surface area (Å²) in [5.74, 6) is 2.71. The fraction of sp³-hybridized carbons (Fsp3) is 0.765. The summed E-state index contributed by atoms with van der Waals surface area (Å²) < 4.78 is 0. The van der Waals surface area contributed by atoms with Gasteiger partial charge in [0.25, 0.3) is 0 Å². The summed E-state index contributed by atoms with van der Waals surface area (Å²) in [6, 6.07) is 0. The first-order valence-electron chi connectivity index (χ1n) is 7.48. The van der Waals surface area contributed by atoms with Crippen molar-refractivity contribution in [1.82, 2.24) is 0 Å². The van der Waals surface area contributed by atoms with E-state index in [4.69, 9.17) is 0 Å². The Bertz CT molecular complexity index is 257. The largest absolute Gasteiger partial charge is 0.0847 e. The lowest BCUT2D eigenvalue weighted by Gasteiger charge is -2.33. The third-order valence-electron chi connectivity index (χ3n) is 4.30. The van der Waals surface area contributed by atoms with E-state index in [0.29, 0.717) is 0 Å². The summed E-state index contributed by atoms with van der Waals surface area (Å²) in [5.41, 5.74) is 1.40. The highest BCUT2D eigenvalue weighted by atomic mass is 14.3. The van der Waals surface area contributed by atoms with Gasteiger partial charge in [-0.2, -0.15) is 0 Å². The van der Waals surface area contributed by atoms with Crippen LogP contribution in [0, 0.1) is 17.8 Å². The van der Waals surface area contributed by atoms with Crippen molar-refractivity contribution in [3.05, 3.63) is 23.8 Å². The Morgan fingerprint density at radius 3 is 2.71 bits per heavy atom. The van der Waals surface area contributed by atoms with Gasteiger partial charge < -0.3 is 0 Å². The molecule has 0 radical (unpaired) electrons. The molecule has 17 heavy (non-hydrogen) atoms. The second kappa shape index (κ2) is 7.74. The second-order valence-electron chi connectivity index (χ2n) is 5.88. The highest BCUT2D eigenvalue weighted by Crippen LogP contribution is 2.37. The summed E-state index contributed by atoms with van der Waals surface area (Å²) in [5, 5.41) is 0. The maximum absolute atomic E-state index is 2.49. The van der Waals surface area contributed by atoms with Gasteiger partial charge in [0, 0.05) is 0 Å². The van der Waals surface area contributed by atoms with Crippen molar-refractivity contribution in [2.75, 3.05) is 0 Å². The van der Waals surface area contributed by atoms with E-state index in [1.807, 2.05) is 0 Å². The van der Waals surface area contributed by atoms with Gasteiger partial charge in [0.2, 0.25) is 0 Å². The molecule has 1 aliphatic rings. The number of hydrogen-bond donors (Lipinski definition) is 0. The normalized spacial score (nSPS) is 31.1. The SMILES string of the molecule is C/C=C(C)/C=C/C1CC(C)CCC1CCCC. The van der Waals surface area contributed by atoms with Crippen molar-refractivity contribution in [3.8, 4) is 0 Å². The molecule has 1 rings (SSSR count). The first-order valence-corrected chi connectivity index (χ1v) is 7.48. The summed E-state index contributed by atoms with van der Waals surface area (Å²) in [4.78, 5) is 0. The molecule has 0 bridgehead atoms. The Labute approximate surface area is 108 Å². The molecular weight excluding hydrogens is 204 g/mol. The van der Waals surface area contributed by atoms with Gasteiger partial charge in [-0.1, -0.05) is 56.9 Å². The van der Waals surface area contributed by atoms with E-state index in [0.717, 1.165) is 17.8 Å². The van der Waals surface area contributed by atoms with Gasteiger partial charge in [-0.25, -0.2) is 0 Å². The summed E-state index contributed by atoms with van der Waals surface area (Å²) >= 11 is 0. The lowest BCUT2D eigenvalue weighted by atomic mass is 9.72.